The summed E-state index contributed by atoms with van der Waals surface area (Å²) in [4.78, 5) is 0.384. The lowest BCUT2D eigenvalue weighted by Gasteiger charge is -2.23. The maximum atomic E-state index is 12.6. The predicted octanol–water partition coefficient (Wildman–Crippen LogP) is 1.65. The zero-order valence-electron chi connectivity index (χ0n) is 12.5. The van der Waals surface area contributed by atoms with Crippen molar-refractivity contribution in [2.75, 3.05) is 13.6 Å². The second-order valence-corrected chi connectivity index (χ2v) is 6.68. The van der Waals surface area contributed by atoms with E-state index in [0.29, 0.717) is 18.0 Å². The van der Waals surface area contributed by atoms with E-state index >= 15 is 0 Å². The number of nitrogens with zero attached hydrogens (tertiary/aromatic N) is 2. The highest BCUT2D eigenvalue weighted by Gasteiger charge is 2.27. The molecule has 110 valence electrons. The molecular formula is C13H25N3O2S. The first-order valence-corrected chi connectivity index (χ1v) is 8.17. The monoisotopic (exact) mass is 287 g/mol. The number of nitrogens with one attached hydrogen (secondary N) is 1. The van der Waals surface area contributed by atoms with Gasteiger partial charge in [-0.2, -0.15) is 4.31 Å². The van der Waals surface area contributed by atoms with Crippen molar-refractivity contribution >= 4 is 10.0 Å². The lowest BCUT2D eigenvalue weighted by Crippen LogP contribution is -2.36. The number of rotatable bonds is 7. The maximum absolute atomic E-state index is 12.6. The number of sulfonamides is 1. The molecule has 0 aliphatic carbocycles. The first kappa shape index (κ1) is 16.2. The molecule has 0 saturated heterocycles. The standard InChI is InChI=1S/C13H25N3O2S/c1-6-15-10-13(8-12(15)9-14-5)19(17,18)16(7-2)11(3)4/h8,10-11,14H,6-7,9H2,1-5H3. The summed E-state index contributed by atoms with van der Waals surface area (Å²) in [7, 11) is -1.54. The topological polar surface area (TPSA) is 54.3 Å². The van der Waals surface area contributed by atoms with Crippen molar-refractivity contribution in [1.29, 1.82) is 0 Å². The van der Waals surface area contributed by atoms with Crippen molar-refractivity contribution in [3.63, 3.8) is 0 Å². The lowest BCUT2D eigenvalue weighted by atomic mass is 10.4. The normalized spacial score (nSPS) is 12.6. The second kappa shape index (κ2) is 6.54. The quantitative estimate of drug-likeness (QED) is 0.829. The molecule has 1 rings (SSSR count). The minimum atomic E-state index is -3.40. The van der Waals surface area contributed by atoms with Crippen LogP contribution in [0.5, 0.6) is 0 Å². The van der Waals surface area contributed by atoms with Crippen LogP contribution in [-0.2, 0) is 23.1 Å². The number of hydrogen-bond donors (Lipinski definition) is 1. The molecule has 1 heterocycles. The Morgan fingerprint density at radius 1 is 1.37 bits per heavy atom. The third-order valence-corrected chi connectivity index (χ3v) is 5.27. The fourth-order valence-corrected chi connectivity index (χ4v) is 3.95. The van der Waals surface area contributed by atoms with Gasteiger partial charge in [-0.05, 0) is 33.9 Å². The van der Waals surface area contributed by atoms with Crippen LogP contribution in [0.15, 0.2) is 17.2 Å². The Balaban J connectivity index is 3.21. The zero-order valence-corrected chi connectivity index (χ0v) is 13.3. The van der Waals surface area contributed by atoms with Crippen molar-refractivity contribution < 1.29 is 8.42 Å². The van der Waals surface area contributed by atoms with E-state index in [0.717, 1.165) is 12.2 Å². The van der Waals surface area contributed by atoms with Crippen molar-refractivity contribution in [3.8, 4) is 0 Å². The molecule has 1 aromatic heterocycles. The summed E-state index contributed by atoms with van der Waals surface area (Å²) in [6.45, 7) is 9.58. The molecule has 0 atom stereocenters. The molecule has 6 heteroatoms. The van der Waals surface area contributed by atoms with E-state index in [-0.39, 0.29) is 6.04 Å². The maximum Gasteiger partial charge on any atom is 0.244 e. The lowest BCUT2D eigenvalue weighted by molar-refractivity contribution is 0.369. The molecule has 0 unspecified atom stereocenters. The van der Waals surface area contributed by atoms with Crippen LogP contribution in [-0.4, -0.2) is 36.9 Å². The van der Waals surface area contributed by atoms with Gasteiger partial charge in [0.25, 0.3) is 0 Å². The summed E-state index contributed by atoms with van der Waals surface area (Å²) in [6.07, 6.45) is 1.73. The molecule has 0 amide bonds. The van der Waals surface area contributed by atoms with Gasteiger partial charge in [0.1, 0.15) is 4.90 Å². The van der Waals surface area contributed by atoms with E-state index in [1.807, 2.05) is 39.3 Å². The van der Waals surface area contributed by atoms with E-state index in [9.17, 15) is 8.42 Å². The Morgan fingerprint density at radius 2 is 2.00 bits per heavy atom. The molecular weight excluding hydrogens is 262 g/mol. The Labute approximate surface area is 116 Å². The first-order valence-electron chi connectivity index (χ1n) is 6.73. The minimum Gasteiger partial charge on any atom is -0.349 e. The highest BCUT2D eigenvalue weighted by Crippen LogP contribution is 2.21. The molecule has 0 spiro atoms. The molecule has 0 fully saturated rings. The van der Waals surface area contributed by atoms with Gasteiger partial charge in [-0.15, -0.1) is 0 Å². The van der Waals surface area contributed by atoms with Crippen LogP contribution in [0.4, 0.5) is 0 Å². The molecule has 0 aromatic carbocycles. The van der Waals surface area contributed by atoms with Crippen LogP contribution in [0.25, 0.3) is 0 Å². The van der Waals surface area contributed by atoms with Gasteiger partial charge in [-0.3, -0.25) is 0 Å². The van der Waals surface area contributed by atoms with Gasteiger partial charge in [0.2, 0.25) is 10.0 Å². The molecule has 1 aromatic rings. The Kier molecular flexibility index (Phi) is 5.58. The highest BCUT2D eigenvalue weighted by atomic mass is 32.2. The number of aromatic nitrogens is 1. The Bertz CT molecular complexity index is 506. The number of hydrogen-bond acceptors (Lipinski definition) is 3. The van der Waals surface area contributed by atoms with Crippen LogP contribution >= 0.6 is 0 Å². The Morgan fingerprint density at radius 3 is 2.42 bits per heavy atom. The number of aryl methyl sites for hydroxylation is 1. The summed E-state index contributed by atoms with van der Waals surface area (Å²) in [5.74, 6) is 0. The largest absolute Gasteiger partial charge is 0.349 e. The summed E-state index contributed by atoms with van der Waals surface area (Å²) >= 11 is 0. The molecule has 0 bridgehead atoms. The van der Waals surface area contributed by atoms with Gasteiger partial charge in [0, 0.05) is 37.6 Å². The van der Waals surface area contributed by atoms with Gasteiger partial charge in [-0.25, -0.2) is 8.42 Å². The van der Waals surface area contributed by atoms with Crippen molar-refractivity contribution in [2.45, 2.75) is 51.7 Å². The third kappa shape index (κ3) is 3.38. The van der Waals surface area contributed by atoms with Gasteiger partial charge >= 0.3 is 0 Å². The predicted molar refractivity (Wildman–Crippen MR) is 77.6 cm³/mol. The van der Waals surface area contributed by atoms with Crippen LogP contribution in [0.3, 0.4) is 0 Å². The SMILES string of the molecule is CCN(C(C)C)S(=O)(=O)c1cc(CNC)n(CC)c1. The third-order valence-electron chi connectivity index (χ3n) is 3.15. The summed E-state index contributed by atoms with van der Waals surface area (Å²) in [5.41, 5.74) is 0.989. The minimum absolute atomic E-state index is 0.0345. The van der Waals surface area contributed by atoms with E-state index in [1.54, 1.807) is 12.3 Å². The molecule has 0 radical (unpaired) electrons. The molecule has 1 N–H and O–H groups in total. The first-order chi connectivity index (χ1) is 8.88. The highest BCUT2D eigenvalue weighted by molar-refractivity contribution is 7.89. The fourth-order valence-electron chi connectivity index (χ4n) is 2.24. The molecule has 0 saturated carbocycles. The molecule has 5 nitrogen and oxygen atoms in total. The second-order valence-electron chi connectivity index (χ2n) is 4.79. The summed E-state index contributed by atoms with van der Waals surface area (Å²) < 4.78 is 28.7. The van der Waals surface area contributed by atoms with Gasteiger partial charge in [0.05, 0.1) is 0 Å². The van der Waals surface area contributed by atoms with Crippen LogP contribution in [0.2, 0.25) is 0 Å². The summed E-state index contributed by atoms with van der Waals surface area (Å²) in [6, 6.07) is 1.73. The van der Waals surface area contributed by atoms with Gasteiger partial charge in [-0.1, -0.05) is 6.92 Å². The van der Waals surface area contributed by atoms with Crippen LogP contribution < -0.4 is 5.32 Å². The van der Waals surface area contributed by atoms with Crippen LogP contribution in [0.1, 0.15) is 33.4 Å². The van der Waals surface area contributed by atoms with Crippen molar-refractivity contribution in [2.24, 2.45) is 0 Å². The molecule has 0 aliphatic rings. The molecule has 0 aliphatic heterocycles. The van der Waals surface area contributed by atoms with E-state index in [1.165, 1.54) is 4.31 Å². The van der Waals surface area contributed by atoms with Crippen molar-refractivity contribution in [1.82, 2.24) is 14.2 Å². The van der Waals surface area contributed by atoms with Gasteiger partial charge in [0.15, 0.2) is 0 Å². The van der Waals surface area contributed by atoms with E-state index in [2.05, 4.69) is 5.32 Å². The smallest absolute Gasteiger partial charge is 0.244 e. The Hall–Kier alpha value is -0.850. The van der Waals surface area contributed by atoms with E-state index in [4.69, 9.17) is 0 Å². The van der Waals surface area contributed by atoms with Crippen molar-refractivity contribution in [3.05, 3.63) is 18.0 Å². The van der Waals surface area contributed by atoms with E-state index < -0.39 is 10.0 Å². The zero-order chi connectivity index (χ0) is 14.6. The fraction of sp³-hybridized carbons (Fsp3) is 0.692. The summed E-state index contributed by atoms with van der Waals surface area (Å²) in [5, 5.41) is 3.06. The van der Waals surface area contributed by atoms with Gasteiger partial charge < -0.3 is 9.88 Å². The van der Waals surface area contributed by atoms with Crippen LogP contribution in [0, 0.1) is 0 Å². The average molecular weight is 287 g/mol. The average Bonchev–Trinajstić information content (AvgIpc) is 2.73. The molecule has 19 heavy (non-hydrogen) atoms.